The molecule has 0 saturated heterocycles. The van der Waals surface area contributed by atoms with Gasteiger partial charge in [0.2, 0.25) is 0 Å². The molecule has 0 radical (unpaired) electrons. The molecule has 7 nitrogen and oxygen atoms in total. The van der Waals surface area contributed by atoms with Gasteiger partial charge in [0.1, 0.15) is 12.1 Å². The largest absolute Gasteiger partial charge is 0.365 e. The minimum absolute atomic E-state index is 0.184. The van der Waals surface area contributed by atoms with Crippen molar-refractivity contribution in [3.8, 4) is 0 Å². The van der Waals surface area contributed by atoms with Gasteiger partial charge in [-0.2, -0.15) is 19.7 Å². The van der Waals surface area contributed by atoms with Gasteiger partial charge in [-0.15, -0.1) is 0 Å². The Morgan fingerprint density at radius 3 is 2.86 bits per heavy atom. The van der Waals surface area contributed by atoms with E-state index in [4.69, 9.17) is 0 Å². The molecule has 3 aromatic rings. The molecule has 0 amide bonds. The lowest BCUT2D eigenvalue weighted by atomic mass is 10.1. The SMILES string of the molecule is CCCc1cc(NC(C)C(C)n2cccn2)n2ncnc2n1. The first-order chi connectivity index (χ1) is 10.7. The summed E-state index contributed by atoms with van der Waals surface area (Å²) in [6.07, 6.45) is 7.29. The van der Waals surface area contributed by atoms with Gasteiger partial charge >= 0.3 is 0 Å². The highest BCUT2D eigenvalue weighted by molar-refractivity contribution is 5.45. The van der Waals surface area contributed by atoms with Crippen molar-refractivity contribution < 1.29 is 0 Å². The predicted octanol–water partition coefficient (Wildman–Crippen LogP) is 2.33. The smallest absolute Gasteiger partial charge is 0.254 e. The molecular weight excluding hydrogens is 278 g/mol. The molecule has 2 unspecified atom stereocenters. The van der Waals surface area contributed by atoms with Crippen LogP contribution in [0.25, 0.3) is 5.78 Å². The van der Waals surface area contributed by atoms with Gasteiger partial charge in [-0.1, -0.05) is 13.3 Å². The van der Waals surface area contributed by atoms with Crippen LogP contribution in [0.2, 0.25) is 0 Å². The van der Waals surface area contributed by atoms with E-state index in [0.717, 1.165) is 24.4 Å². The van der Waals surface area contributed by atoms with E-state index < -0.39 is 0 Å². The van der Waals surface area contributed by atoms with E-state index in [1.807, 2.05) is 16.9 Å². The molecule has 7 heteroatoms. The van der Waals surface area contributed by atoms with Crippen LogP contribution in [0.3, 0.4) is 0 Å². The molecule has 22 heavy (non-hydrogen) atoms. The molecule has 2 atom stereocenters. The summed E-state index contributed by atoms with van der Waals surface area (Å²) in [7, 11) is 0. The lowest BCUT2D eigenvalue weighted by molar-refractivity contribution is 0.442. The maximum Gasteiger partial charge on any atom is 0.254 e. The second-order valence-corrected chi connectivity index (χ2v) is 5.51. The van der Waals surface area contributed by atoms with Crippen LogP contribution in [0, 0.1) is 0 Å². The van der Waals surface area contributed by atoms with E-state index in [2.05, 4.69) is 52.3 Å². The number of anilines is 1. The van der Waals surface area contributed by atoms with Crippen LogP contribution < -0.4 is 5.32 Å². The van der Waals surface area contributed by atoms with Crippen LogP contribution >= 0.6 is 0 Å². The van der Waals surface area contributed by atoms with Crippen molar-refractivity contribution in [1.29, 1.82) is 0 Å². The molecule has 3 rings (SSSR count). The quantitative estimate of drug-likeness (QED) is 0.756. The Morgan fingerprint density at radius 2 is 2.14 bits per heavy atom. The molecule has 116 valence electrons. The van der Waals surface area contributed by atoms with Crippen LogP contribution in [0.1, 0.15) is 38.9 Å². The average Bonchev–Trinajstić information content (AvgIpc) is 3.18. The third kappa shape index (κ3) is 2.79. The van der Waals surface area contributed by atoms with Crippen LogP contribution in [0.4, 0.5) is 5.82 Å². The van der Waals surface area contributed by atoms with Gasteiger partial charge in [-0.05, 0) is 26.3 Å². The molecule has 0 aliphatic carbocycles. The van der Waals surface area contributed by atoms with Crippen molar-refractivity contribution in [2.75, 3.05) is 5.32 Å². The van der Waals surface area contributed by atoms with Crippen LogP contribution in [-0.2, 0) is 6.42 Å². The first-order valence-electron chi connectivity index (χ1n) is 7.64. The molecule has 0 aliphatic rings. The Morgan fingerprint density at radius 1 is 1.27 bits per heavy atom. The second-order valence-electron chi connectivity index (χ2n) is 5.51. The summed E-state index contributed by atoms with van der Waals surface area (Å²) in [4.78, 5) is 8.73. The highest BCUT2D eigenvalue weighted by atomic mass is 15.4. The predicted molar refractivity (Wildman–Crippen MR) is 84.8 cm³/mol. The number of hydrogen-bond acceptors (Lipinski definition) is 5. The monoisotopic (exact) mass is 299 g/mol. The van der Waals surface area contributed by atoms with Crippen molar-refractivity contribution >= 4 is 11.6 Å². The maximum absolute atomic E-state index is 4.52. The summed E-state index contributed by atoms with van der Waals surface area (Å²) in [5.41, 5.74) is 1.03. The highest BCUT2D eigenvalue weighted by Gasteiger charge is 2.16. The summed E-state index contributed by atoms with van der Waals surface area (Å²) in [5, 5.41) is 12.1. The summed E-state index contributed by atoms with van der Waals surface area (Å²) in [6, 6.07) is 4.39. The van der Waals surface area contributed by atoms with E-state index >= 15 is 0 Å². The zero-order valence-electron chi connectivity index (χ0n) is 13.1. The van der Waals surface area contributed by atoms with E-state index in [-0.39, 0.29) is 12.1 Å². The first-order valence-corrected chi connectivity index (χ1v) is 7.64. The van der Waals surface area contributed by atoms with Gasteiger partial charge in [0.05, 0.1) is 6.04 Å². The fraction of sp³-hybridized carbons (Fsp3) is 0.467. The third-order valence-electron chi connectivity index (χ3n) is 3.85. The molecule has 1 N–H and O–H groups in total. The average molecular weight is 299 g/mol. The summed E-state index contributed by atoms with van der Waals surface area (Å²) < 4.78 is 3.69. The number of aromatic nitrogens is 6. The van der Waals surface area contributed by atoms with Crippen LogP contribution in [0.5, 0.6) is 0 Å². The lowest BCUT2D eigenvalue weighted by Gasteiger charge is -2.23. The van der Waals surface area contributed by atoms with Crippen LogP contribution in [0.15, 0.2) is 30.9 Å². The van der Waals surface area contributed by atoms with Gasteiger partial charge < -0.3 is 5.32 Å². The third-order valence-corrected chi connectivity index (χ3v) is 3.85. The van der Waals surface area contributed by atoms with Gasteiger partial charge in [0.25, 0.3) is 5.78 Å². The minimum Gasteiger partial charge on any atom is -0.365 e. The summed E-state index contributed by atoms with van der Waals surface area (Å²) in [5.74, 6) is 1.55. The van der Waals surface area contributed by atoms with Gasteiger partial charge in [0.15, 0.2) is 0 Å². The number of rotatable bonds is 6. The zero-order chi connectivity index (χ0) is 15.5. The number of nitrogens with zero attached hydrogens (tertiary/aromatic N) is 6. The minimum atomic E-state index is 0.184. The lowest BCUT2D eigenvalue weighted by Crippen LogP contribution is -2.28. The Kier molecular flexibility index (Phi) is 4.04. The zero-order valence-corrected chi connectivity index (χ0v) is 13.1. The first kappa shape index (κ1) is 14.5. The Labute approximate surface area is 129 Å². The van der Waals surface area contributed by atoms with Gasteiger partial charge in [-0.3, -0.25) is 4.68 Å². The Hall–Kier alpha value is -2.44. The van der Waals surface area contributed by atoms with E-state index in [9.17, 15) is 0 Å². The summed E-state index contributed by atoms with van der Waals surface area (Å²) in [6.45, 7) is 6.41. The molecule has 0 aromatic carbocycles. The van der Waals surface area contributed by atoms with E-state index in [1.165, 1.54) is 6.33 Å². The van der Waals surface area contributed by atoms with Crippen molar-refractivity contribution in [3.05, 3.63) is 36.5 Å². The molecule has 0 spiro atoms. The molecule has 0 aliphatic heterocycles. The molecule has 0 bridgehead atoms. The molecular formula is C15H21N7. The second kappa shape index (κ2) is 6.13. The Balaban J connectivity index is 1.87. The Bertz CT molecular complexity index is 732. The molecule has 0 fully saturated rings. The maximum atomic E-state index is 4.52. The van der Waals surface area contributed by atoms with Crippen molar-refractivity contribution in [1.82, 2.24) is 29.4 Å². The van der Waals surface area contributed by atoms with Crippen molar-refractivity contribution in [2.45, 2.75) is 45.7 Å². The molecule has 0 saturated carbocycles. The normalized spacial score (nSPS) is 14.1. The standard InChI is InChI=1S/C15H21N7/c1-4-6-13-9-14(22-15(20-13)16-10-18-22)19-11(2)12(3)21-8-5-7-17-21/h5,7-12,19H,4,6H2,1-3H3. The number of fused-ring (bicyclic) bond motifs is 1. The van der Waals surface area contributed by atoms with Gasteiger partial charge in [-0.25, -0.2) is 4.98 Å². The van der Waals surface area contributed by atoms with Crippen molar-refractivity contribution in [3.63, 3.8) is 0 Å². The number of hydrogen-bond donors (Lipinski definition) is 1. The topological polar surface area (TPSA) is 72.9 Å². The van der Waals surface area contributed by atoms with Crippen molar-refractivity contribution in [2.24, 2.45) is 0 Å². The van der Waals surface area contributed by atoms with Crippen LogP contribution in [-0.4, -0.2) is 35.4 Å². The fourth-order valence-electron chi connectivity index (χ4n) is 2.45. The fourth-order valence-corrected chi connectivity index (χ4v) is 2.45. The van der Waals surface area contributed by atoms with Gasteiger partial charge in [0, 0.05) is 30.2 Å². The van der Waals surface area contributed by atoms with E-state index in [0.29, 0.717) is 5.78 Å². The number of nitrogens with one attached hydrogen (secondary N) is 1. The number of aryl methyl sites for hydroxylation is 1. The summed E-state index contributed by atoms with van der Waals surface area (Å²) >= 11 is 0. The highest BCUT2D eigenvalue weighted by Crippen LogP contribution is 2.17. The molecule has 3 aromatic heterocycles. The molecule has 3 heterocycles. The van der Waals surface area contributed by atoms with E-state index in [1.54, 1.807) is 10.7 Å².